The summed E-state index contributed by atoms with van der Waals surface area (Å²) in [6.07, 6.45) is 4.51. The normalized spacial score (nSPS) is 12.2. The number of rotatable bonds is 6. The van der Waals surface area contributed by atoms with Gasteiger partial charge in [0.1, 0.15) is 5.82 Å². The molecule has 3 aromatic carbocycles. The molecule has 0 N–H and O–H groups in total. The van der Waals surface area contributed by atoms with Crippen LogP contribution in [0.15, 0.2) is 83.9 Å². The summed E-state index contributed by atoms with van der Waals surface area (Å²) in [4.78, 5) is 12.1. The molecule has 0 bridgehead atoms. The third kappa shape index (κ3) is 4.21. The van der Waals surface area contributed by atoms with Gasteiger partial charge in [0.2, 0.25) is 0 Å². The maximum Gasteiger partial charge on any atom is 0.330 e. The molecule has 0 saturated heterocycles. The number of methoxy groups -OCH3 is 1. The van der Waals surface area contributed by atoms with Crippen LogP contribution in [0.1, 0.15) is 31.0 Å². The van der Waals surface area contributed by atoms with Crippen molar-refractivity contribution in [1.29, 1.82) is 0 Å². The number of carbonyl (C=O) groups excluding carboxylic acids is 1. The van der Waals surface area contributed by atoms with E-state index in [-0.39, 0.29) is 16.6 Å². The third-order valence-corrected chi connectivity index (χ3v) is 7.80. The molecule has 2 aromatic heterocycles. The van der Waals surface area contributed by atoms with Gasteiger partial charge in [-0.15, -0.1) is 0 Å². The minimum atomic E-state index is -3.95. The highest BCUT2D eigenvalue weighted by Crippen LogP contribution is 2.37. The Balaban J connectivity index is 1.86. The highest BCUT2D eigenvalue weighted by molar-refractivity contribution is 7.90. The topological polar surface area (TPSA) is 83.2 Å². The second-order valence-corrected chi connectivity index (χ2v) is 10.6. The summed E-state index contributed by atoms with van der Waals surface area (Å²) in [5.74, 6) is -0.871. The number of benzene rings is 3. The van der Waals surface area contributed by atoms with E-state index in [1.54, 1.807) is 42.5 Å². The summed E-state index contributed by atoms with van der Waals surface area (Å²) < 4.78 is 48.4. The highest BCUT2D eigenvalue weighted by atomic mass is 32.2. The van der Waals surface area contributed by atoms with Gasteiger partial charge in [-0.05, 0) is 60.5 Å². The Kier molecular flexibility index (Phi) is 6.16. The lowest BCUT2D eigenvalue weighted by molar-refractivity contribution is -0.134. The molecular formula is C28H24FN3O4S. The molecule has 0 radical (unpaired) electrons. The van der Waals surface area contributed by atoms with Gasteiger partial charge in [0.25, 0.3) is 10.0 Å². The van der Waals surface area contributed by atoms with E-state index in [9.17, 15) is 17.6 Å². The van der Waals surface area contributed by atoms with Crippen molar-refractivity contribution in [3.05, 3.63) is 96.1 Å². The summed E-state index contributed by atoms with van der Waals surface area (Å²) in [6.45, 7) is 4.04. The van der Waals surface area contributed by atoms with Crippen molar-refractivity contribution in [3.63, 3.8) is 0 Å². The van der Waals surface area contributed by atoms with Crippen LogP contribution >= 0.6 is 0 Å². The van der Waals surface area contributed by atoms with Gasteiger partial charge in [-0.1, -0.05) is 32.0 Å². The van der Waals surface area contributed by atoms with Gasteiger partial charge in [-0.25, -0.2) is 9.18 Å². The third-order valence-electron chi connectivity index (χ3n) is 6.19. The van der Waals surface area contributed by atoms with Crippen LogP contribution in [0.3, 0.4) is 0 Å². The van der Waals surface area contributed by atoms with Crippen LogP contribution in [-0.2, 0) is 19.6 Å². The van der Waals surface area contributed by atoms with Crippen LogP contribution in [0, 0.1) is 5.82 Å². The molecule has 7 nitrogen and oxygen atoms in total. The van der Waals surface area contributed by atoms with Gasteiger partial charge in [0.05, 0.1) is 29.2 Å². The van der Waals surface area contributed by atoms with Gasteiger partial charge in [0.15, 0.2) is 0 Å². The van der Waals surface area contributed by atoms with Gasteiger partial charge < -0.3 is 9.30 Å². The molecule has 0 aliphatic carbocycles. The Hall–Kier alpha value is -4.24. The lowest BCUT2D eigenvalue weighted by Crippen LogP contribution is -2.14. The fraction of sp³-hybridized carbons (Fsp3) is 0.143. The largest absolute Gasteiger partial charge is 0.466 e. The Morgan fingerprint density at radius 2 is 1.73 bits per heavy atom. The predicted molar refractivity (Wildman–Crippen MR) is 141 cm³/mol. The summed E-state index contributed by atoms with van der Waals surface area (Å²) in [7, 11) is -2.65. The zero-order valence-electron chi connectivity index (χ0n) is 20.4. The zero-order valence-corrected chi connectivity index (χ0v) is 21.2. The maximum atomic E-state index is 13.8. The number of hydrogen-bond acceptors (Lipinski definition) is 5. The average molecular weight is 518 g/mol. The molecule has 0 unspecified atom stereocenters. The maximum absolute atomic E-state index is 13.8. The van der Waals surface area contributed by atoms with Gasteiger partial charge in [-0.2, -0.15) is 17.6 Å². The van der Waals surface area contributed by atoms with E-state index in [4.69, 9.17) is 4.74 Å². The fourth-order valence-electron chi connectivity index (χ4n) is 4.54. The minimum absolute atomic E-state index is 0.00223. The second-order valence-electron chi connectivity index (χ2n) is 8.86. The predicted octanol–water partition coefficient (Wildman–Crippen LogP) is 5.67. The molecule has 5 aromatic rings. The van der Waals surface area contributed by atoms with Crippen molar-refractivity contribution in [3.8, 4) is 5.69 Å². The van der Waals surface area contributed by atoms with Gasteiger partial charge >= 0.3 is 5.97 Å². The first-order valence-corrected chi connectivity index (χ1v) is 13.0. The Bertz CT molecular complexity index is 1770. The highest BCUT2D eigenvalue weighted by Gasteiger charge is 2.24. The summed E-state index contributed by atoms with van der Waals surface area (Å²) in [5.41, 5.74) is 3.50. The van der Waals surface area contributed by atoms with E-state index >= 15 is 0 Å². The van der Waals surface area contributed by atoms with Crippen LogP contribution in [-0.4, -0.2) is 35.2 Å². The second kappa shape index (κ2) is 9.33. The van der Waals surface area contributed by atoms with Crippen LogP contribution < -0.4 is 0 Å². The monoisotopic (exact) mass is 517 g/mol. The number of ether oxygens (including phenoxy) is 1. The van der Waals surface area contributed by atoms with Gasteiger partial charge in [0, 0.05) is 33.8 Å². The van der Waals surface area contributed by atoms with Crippen molar-refractivity contribution >= 4 is 43.9 Å². The first-order valence-electron chi connectivity index (χ1n) is 11.6. The summed E-state index contributed by atoms with van der Waals surface area (Å²) in [6, 6.07) is 17.9. The van der Waals surface area contributed by atoms with E-state index in [1.807, 2.05) is 24.5 Å². The molecule has 0 atom stereocenters. The van der Waals surface area contributed by atoms with Crippen molar-refractivity contribution in [2.45, 2.75) is 24.7 Å². The molecule has 2 heterocycles. The number of esters is 1. The molecule has 0 spiro atoms. The smallest absolute Gasteiger partial charge is 0.330 e. The van der Waals surface area contributed by atoms with Crippen molar-refractivity contribution in [1.82, 2.24) is 13.8 Å². The van der Waals surface area contributed by atoms with Crippen molar-refractivity contribution in [2.75, 3.05) is 7.11 Å². The molecule has 188 valence electrons. The number of aromatic nitrogens is 3. The molecule has 5 rings (SSSR count). The Labute approximate surface area is 213 Å². The quantitative estimate of drug-likeness (QED) is 0.214. The van der Waals surface area contributed by atoms with E-state index in [0.29, 0.717) is 16.3 Å². The van der Waals surface area contributed by atoms with Crippen LogP contribution in [0.25, 0.3) is 33.6 Å². The minimum Gasteiger partial charge on any atom is -0.466 e. The summed E-state index contributed by atoms with van der Waals surface area (Å²) >= 11 is 0. The van der Waals surface area contributed by atoms with Crippen molar-refractivity contribution < 1.29 is 22.3 Å². The number of carbonyl (C=O) groups is 1. The van der Waals surface area contributed by atoms with E-state index < -0.39 is 16.0 Å². The molecule has 0 saturated carbocycles. The first-order chi connectivity index (χ1) is 17.7. The van der Waals surface area contributed by atoms with Crippen LogP contribution in [0.2, 0.25) is 0 Å². The molecule has 37 heavy (non-hydrogen) atoms. The fourth-order valence-corrected chi connectivity index (χ4v) is 5.83. The first kappa shape index (κ1) is 24.5. The zero-order chi connectivity index (χ0) is 26.3. The molecule has 0 amide bonds. The lowest BCUT2D eigenvalue weighted by Gasteiger charge is -2.14. The SMILES string of the molecule is COC(=O)/C=C/c1c(C(C)C)n(-c2ccc(F)cc2)c2cc3cnn(S(=O)(=O)c4ccccc4)c3cc12. The number of nitrogens with zero attached hydrogens (tertiary/aromatic N) is 3. The van der Waals surface area contributed by atoms with E-state index in [0.717, 1.165) is 26.5 Å². The number of fused-ring (bicyclic) bond motifs is 2. The molecule has 0 fully saturated rings. The standard InChI is InChI=1S/C28H24FN3O4S/c1-18(2)28-23(13-14-27(33)36-3)24-16-25-19(15-26(24)31(28)21-11-9-20(29)10-12-21)17-30-32(25)37(34,35)22-7-5-4-6-8-22/h4-18H,1-3H3/b14-13+. The number of halogens is 1. The lowest BCUT2D eigenvalue weighted by atomic mass is 10.0. The molecule has 9 heteroatoms. The van der Waals surface area contributed by atoms with E-state index in [2.05, 4.69) is 5.10 Å². The van der Waals surface area contributed by atoms with Crippen molar-refractivity contribution in [2.24, 2.45) is 0 Å². The number of hydrogen-bond donors (Lipinski definition) is 0. The molecule has 0 aliphatic rings. The van der Waals surface area contributed by atoms with Crippen LogP contribution in [0.4, 0.5) is 4.39 Å². The van der Waals surface area contributed by atoms with Crippen LogP contribution in [0.5, 0.6) is 0 Å². The molecule has 0 aliphatic heterocycles. The molecular weight excluding hydrogens is 493 g/mol. The van der Waals surface area contributed by atoms with Gasteiger partial charge in [-0.3, -0.25) is 0 Å². The summed E-state index contributed by atoms with van der Waals surface area (Å²) in [5, 5.41) is 5.54. The van der Waals surface area contributed by atoms with E-state index in [1.165, 1.54) is 43.6 Å². The Morgan fingerprint density at radius 1 is 1.03 bits per heavy atom. The Morgan fingerprint density at radius 3 is 2.38 bits per heavy atom. The average Bonchev–Trinajstić information content (AvgIpc) is 3.46.